The van der Waals surface area contributed by atoms with Gasteiger partial charge >= 0.3 is 5.97 Å². The molecule has 0 atom stereocenters. The van der Waals surface area contributed by atoms with Gasteiger partial charge in [-0.1, -0.05) is 4.49 Å². The Morgan fingerprint density at radius 2 is 2.22 bits per heavy atom. The maximum Gasteiger partial charge on any atom is 0.316 e. The van der Waals surface area contributed by atoms with Crippen molar-refractivity contribution in [2.45, 2.75) is 39.0 Å². The Labute approximate surface area is 116 Å². The summed E-state index contributed by atoms with van der Waals surface area (Å²) in [6, 6.07) is 0. The van der Waals surface area contributed by atoms with Gasteiger partial charge in [-0.05, 0) is 27.7 Å². The van der Waals surface area contributed by atoms with E-state index in [1.807, 2.05) is 27.7 Å². The molecule has 0 aliphatic heterocycles. The number of esters is 1. The van der Waals surface area contributed by atoms with Crippen LogP contribution >= 0.6 is 23.3 Å². The molecule has 1 N–H and O–H groups in total. The summed E-state index contributed by atoms with van der Waals surface area (Å²) in [7, 11) is 0. The van der Waals surface area contributed by atoms with Crippen LogP contribution in [0.3, 0.4) is 0 Å². The molecule has 0 aromatic carbocycles. The molecule has 0 radical (unpaired) electrons. The van der Waals surface area contributed by atoms with Crippen molar-refractivity contribution in [1.82, 2.24) is 9.59 Å². The van der Waals surface area contributed by atoms with Crippen molar-refractivity contribution in [3.8, 4) is 0 Å². The maximum atomic E-state index is 11.5. The zero-order valence-electron chi connectivity index (χ0n) is 11.1. The summed E-state index contributed by atoms with van der Waals surface area (Å²) in [5.74, 6) is 0.805. The molecule has 5 nitrogen and oxygen atoms in total. The third-order valence-corrected chi connectivity index (χ3v) is 3.42. The van der Waals surface area contributed by atoms with Crippen LogP contribution in [0.15, 0.2) is 0 Å². The number of thioether (sulfide) groups is 1. The Balaban J connectivity index is 2.33. The highest BCUT2D eigenvalue weighted by Gasteiger charge is 2.16. The van der Waals surface area contributed by atoms with Crippen molar-refractivity contribution >= 4 is 34.3 Å². The van der Waals surface area contributed by atoms with Gasteiger partial charge in [-0.2, -0.15) is 0 Å². The van der Waals surface area contributed by atoms with Crippen molar-refractivity contribution in [3.63, 3.8) is 0 Å². The molecular weight excluding hydrogens is 270 g/mol. The highest BCUT2D eigenvalue weighted by Crippen LogP contribution is 2.22. The van der Waals surface area contributed by atoms with Crippen molar-refractivity contribution in [2.24, 2.45) is 0 Å². The summed E-state index contributed by atoms with van der Waals surface area (Å²) in [4.78, 5) is 11.5. The molecule has 0 bridgehead atoms. The topological polar surface area (TPSA) is 64.1 Å². The van der Waals surface area contributed by atoms with E-state index < -0.39 is 5.60 Å². The van der Waals surface area contributed by atoms with Crippen molar-refractivity contribution in [1.29, 1.82) is 0 Å². The van der Waals surface area contributed by atoms with Crippen LogP contribution in [-0.2, 0) is 15.3 Å². The monoisotopic (exact) mass is 289 g/mol. The number of hydrogen-bond donors (Lipinski definition) is 1. The summed E-state index contributed by atoms with van der Waals surface area (Å²) in [6.07, 6.45) is 0. The number of carbonyl (C=O) groups excluding carboxylic acids is 1. The number of anilines is 1. The van der Waals surface area contributed by atoms with Gasteiger partial charge in [0, 0.05) is 23.8 Å². The summed E-state index contributed by atoms with van der Waals surface area (Å²) in [5, 5.41) is 8.22. The Morgan fingerprint density at radius 3 is 2.83 bits per heavy atom. The molecule has 0 saturated heterocycles. The maximum absolute atomic E-state index is 11.5. The molecule has 0 aliphatic rings. The minimum atomic E-state index is -0.422. The van der Waals surface area contributed by atoms with E-state index in [9.17, 15) is 4.79 Å². The van der Waals surface area contributed by atoms with Crippen molar-refractivity contribution in [3.05, 3.63) is 5.69 Å². The smallest absolute Gasteiger partial charge is 0.316 e. The van der Waals surface area contributed by atoms with Gasteiger partial charge in [0.05, 0.1) is 5.75 Å². The van der Waals surface area contributed by atoms with Gasteiger partial charge in [0.2, 0.25) is 0 Å². The summed E-state index contributed by atoms with van der Waals surface area (Å²) in [6.45, 7) is 8.46. The van der Waals surface area contributed by atoms with Gasteiger partial charge in [0.1, 0.15) is 16.3 Å². The molecule has 0 amide bonds. The number of hydrogen-bond acceptors (Lipinski definition) is 7. The lowest BCUT2D eigenvalue weighted by atomic mass is 10.2. The molecule has 1 aromatic rings. The second kappa shape index (κ2) is 6.94. The van der Waals surface area contributed by atoms with E-state index in [4.69, 9.17) is 4.74 Å². The van der Waals surface area contributed by atoms with Crippen LogP contribution in [-0.4, -0.2) is 33.5 Å². The zero-order chi connectivity index (χ0) is 13.6. The van der Waals surface area contributed by atoms with E-state index in [1.165, 1.54) is 23.3 Å². The lowest BCUT2D eigenvalue weighted by Gasteiger charge is -2.19. The van der Waals surface area contributed by atoms with Gasteiger partial charge in [-0.3, -0.25) is 4.79 Å². The molecule has 18 heavy (non-hydrogen) atoms. The van der Waals surface area contributed by atoms with E-state index in [-0.39, 0.29) is 5.97 Å². The number of aromatic nitrogens is 2. The van der Waals surface area contributed by atoms with Crippen LogP contribution < -0.4 is 5.32 Å². The Morgan fingerprint density at radius 1 is 1.50 bits per heavy atom. The van der Waals surface area contributed by atoms with E-state index in [2.05, 4.69) is 14.9 Å². The third-order valence-electron chi connectivity index (χ3n) is 1.77. The number of nitrogens with one attached hydrogen (secondary N) is 1. The quantitative estimate of drug-likeness (QED) is 0.812. The molecule has 1 rings (SSSR count). The van der Waals surface area contributed by atoms with Crippen LogP contribution in [0.4, 0.5) is 5.00 Å². The number of carbonyl (C=O) groups is 1. The highest BCUT2D eigenvalue weighted by molar-refractivity contribution is 7.99. The Bertz CT molecular complexity index is 388. The molecule has 0 spiro atoms. The third kappa shape index (κ3) is 5.68. The van der Waals surface area contributed by atoms with Crippen LogP contribution in [0.25, 0.3) is 0 Å². The molecule has 0 aliphatic carbocycles. The van der Waals surface area contributed by atoms with E-state index in [0.29, 0.717) is 11.5 Å². The first kappa shape index (κ1) is 15.2. The first-order chi connectivity index (χ1) is 8.42. The Kier molecular flexibility index (Phi) is 5.87. The molecule has 7 heteroatoms. The van der Waals surface area contributed by atoms with E-state index in [0.717, 1.165) is 17.2 Å². The Hall–Kier alpha value is -0.820. The second-order valence-electron chi connectivity index (χ2n) is 4.66. The molecule has 0 saturated carbocycles. The summed E-state index contributed by atoms with van der Waals surface area (Å²) < 4.78 is 9.12. The molecule has 1 heterocycles. The number of ether oxygens (including phenoxy) is 1. The van der Waals surface area contributed by atoms with Crippen LogP contribution in [0, 0.1) is 0 Å². The second-order valence-corrected chi connectivity index (χ2v) is 6.40. The van der Waals surface area contributed by atoms with Crippen LogP contribution in [0.1, 0.15) is 33.4 Å². The fourth-order valence-electron chi connectivity index (χ4n) is 1.20. The van der Waals surface area contributed by atoms with E-state index in [1.54, 1.807) is 0 Å². The van der Waals surface area contributed by atoms with Crippen molar-refractivity contribution < 1.29 is 9.53 Å². The van der Waals surface area contributed by atoms with Gasteiger partial charge in [-0.25, -0.2) is 0 Å². The highest BCUT2D eigenvalue weighted by atomic mass is 32.2. The number of rotatable bonds is 6. The molecule has 1 aromatic heterocycles. The number of nitrogens with zero attached hydrogens (tertiary/aromatic N) is 2. The van der Waals surface area contributed by atoms with Crippen molar-refractivity contribution in [2.75, 3.05) is 17.6 Å². The normalized spacial score (nSPS) is 11.3. The predicted molar refractivity (Wildman–Crippen MR) is 76.1 cm³/mol. The first-order valence-corrected chi connectivity index (χ1v) is 7.70. The van der Waals surface area contributed by atoms with Gasteiger partial charge in [-0.15, -0.1) is 16.9 Å². The standard InChI is InChI=1S/C11H19N3O2S2/c1-5-12-10-8(13-14-18-10)6-17-7-9(15)16-11(2,3)4/h12H,5-7H2,1-4H3. The van der Waals surface area contributed by atoms with Gasteiger partial charge in [0.25, 0.3) is 0 Å². The summed E-state index contributed by atoms with van der Waals surface area (Å²) >= 11 is 2.83. The SMILES string of the molecule is CCNc1snnc1CSCC(=O)OC(C)(C)C. The average molecular weight is 289 g/mol. The van der Waals surface area contributed by atoms with Gasteiger partial charge in [0.15, 0.2) is 0 Å². The molecule has 0 unspecified atom stereocenters. The minimum absolute atomic E-state index is 0.194. The first-order valence-electron chi connectivity index (χ1n) is 5.77. The fourth-order valence-corrected chi connectivity index (χ4v) is 2.66. The molecule has 0 fully saturated rings. The molecular formula is C11H19N3O2S2. The zero-order valence-corrected chi connectivity index (χ0v) is 12.8. The summed E-state index contributed by atoms with van der Waals surface area (Å²) in [5.41, 5.74) is 0.477. The lowest BCUT2D eigenvalue weighted by molar-refractivity contribution is -0.151. The van der Waals surface area contributed by atoms with Crippen LogP contribution in [0.5, 0.6) is 0 Å². The van der Waals surface area contributed by atoms with Gasteiger partial charge < -0.3 is 10.1 Å². The van der Waals surface area contributed by atoms with Crippen LogP contribution in [0.2, 0.25) is 0 Å². The molecule has 102 valence electrons. The average Bonchev–Trinajstić information content (AvgIpc) is 2.64. The predicted octanol–water partition coefficient (Wildman–Crippen LogP) is 2.54. The largest absolute Gasteiger partial charge is 0.459 e. The van der Waals surface area contributed by atoms with E-state index >= 15 is 0 Å². The fraction of sp³-hybridized carbons (Fsp3) is 0.727. The minimum Gasteiger partial charge on any atom is -0.459 e. The lowest BCUT2D eigenvalue weighted by Crippen LogP contribution is -2.24.